The van der Waals surface area contributed by atoms with Gasteiger partial charge in [0.25, 0.3) is 5.22 Å². The van der Waals surface area contributed by atoms with Crippen LogP contribution in [0, 0.1) is 0 Å². The second kappa shape index (κ2) is 4.62. The average Bonchev–Trinajstić information content (AvgIpc) is 2.95. The maximum Gasteiger partial charge on any atom is 0.263 e. The van der Waals surface area contributed by atoms with Crippen LogP contribution >= 0.6 is 23.1 Å². The molecular weight excluding hydrogens is 266 g/mol. The van der Waals surface area contributed by atoms with Gasteiger partial charge in [-0.15, -0.1) is 11.3 Å². The van der Waals surface area contributed by atoms with Crippen LogP contribution in [0.2, 0.25) is 0 Å². The molecular formula is C12H11N3OS2. The lowest BCUT2D eigenvalue weighted by Gasteiger charge is -1.88. The molecule has 0 amide bonds. The van der Waals surface area contributed by atoms with Gasteiger partial charge in [0, 0.05) is 22.8 Å². The minimum absolute atomic E-state index is 0.604. The molecule has 0 radical (unpaired) electrons. The van der Waals surface area contributed by atoms with Crippen LogP contribution in [0.15, 0.2) is 37.6 Å². The Labute approximate surface area is 112 Å². The predicted octanol–water partition coefficient (Wildman–Crippen LogP) is 3.58. The lowest BCUT2D eigenvalue weighted by atomic mass is 10.3. The maximum atomic E-state index is 5.71. The van der Waals surface area contributed by atoms with E-state index in [1.165, 1.54) is 11.8 Å². The second-order valence-electron chi connectivity index (χ2n) is 3.77. The lowest BCUT2D eigenvalue weighted by Crippen LogP contribution is -1.82. The van der Waals surface area contributed by atoms with Crippen molar-refractivity contribution in [2.75, 3.05) is 5.73 Å². The smallest absolute Gasteiger partial charge is 0.263 e. The van der Waals surface area contributed by atoms with Gasteiger partial charge in [0.2, 0.25) is 0 Å². The summed E-state index contributed by atoms with van der Waals surface area (Å²) in [6.45, 7) is 2.09. The highest BCUT2D eigenvalue weighted by atomic mass is 32.2. The number of thiazole rings is 1. The van der Waals surface area contributed by atoms with Crippen LogP contribution in [0.3, 0.4) is 0 Å². The van der Waals surface area contributed by atoms with Crippen LogP contribution in [-0.4, -0.2) is 9.97 Å². The van der Waals surface area contributed by atoms with E-state index < -0.39 is 0 Å². The van der Waals surface area contributed by atoms with Crippen LogP contribution in [0.5, 0.6) is 0 Å². The van der Waals surface area contributed by atoms with E-state index >= 15 is 0 Å². The Morgan fingerprint density at radius 3 is 3.06 bits per heavy atom. The molecule has 2 heterocycles. The van der Waals surface area contributed by atoms with E-state index in [4.69, 9.17) is 10.2 Å². The number of aromatic nitrogens is 2. The zero-order chi connectivity index (χ0) is 12.5. The Morgan fingerprint density at radius 2 is 2.28 bits per heavy atom. The monoisotopic (exact) mass is 277 g/mol. The van der Waals surface area contributed by atoms with Crippen molar-refractivity contribution >= 4 is 39.9 Å². The number of nitrogens with zero attached hydrogens (tertiary/aromatic N) is 2. The van der Waals surface area contributed by atoms with Crippen LogP contribution in [0.1, 0.15) is 12.6 Å². The molecule has 0 bridgehead atoms. The highest BCUT2D eigenvalue weighted by Crippen LogP contribution is 2.32. The third-order valence-corrected chi connectivity index (χ3v) is 4.30. The first-order valence-electron chi connectivity index (χ1n) is 5.53. The van der Waals surface area contributed by atoms with E-state index in [-0.39, 0.29) is 0 Å². The number of rotatable bonds is 3. The van der Waals surface area contributed by atoms with Crippen molar-refractivity contribution in [3.05, 3.63) is 29.3 Å². The summed E-state index contributed by atoms with van der Waals surface area (Å²) in [5.41, 5.74) is 9.03. The van der Waals surface area contributed by atoms with Crippen molar-refractivity contribution in [3.8, 4) is 0 Å². The average molecular weight is 277 g/mol. The molecule has 6 heteroatoms. The number of nitrogen functional groups attached to an aromatic ring is 1. The molecule has 1 aromatic carbocycles. The van der Waals surface area contributed by atoms with Crippen molar-refractivity contribution in [1.82, 2.24) is 9.97 Å². The SMILES string of the molecule is CCc1csc(Sc2nc3cc(N)ccc3o2)n1. The molecule has 0 aliphatic rings. The fourth-order valence-corrected chi connectivity index (χ4v) is 3.30. The molecule has 2 N–H and O–H groups in total. The van der Waals surface area contributed by atoms with E-state index in [9.17, 15) is 0 Å². The van der Waals surface area contributed by atoms with Crippen molar-refractivity contribution in [3.63, 3.8) is 0 Å². The number of aryl methyl sites for hydroxylation is 1. The summed E-state index contributed by atoms with van der Waals surface area (Å²) < 4.78 is 6.58. The van der Waals surface area contributed by atoms with Gasteiger partial charge in [-0.3, -0.25) is 0 Å². The molecule has 3 aromatic rings. The lowest BCUT2D eigenvalue weighted by molar-refractivity contribution is 0.489. The quantitative estimate of drug-likeness (QED) is 0.741. The van der Waals surface area contributed by atoms with Crippen LogP contribution in [-0.2, 0) is 6.42 Å². The Bertz CT molecular complexity index is 690. The summed E-state index contributed by atoms with van der Waals surface area (Å²) >= 11 is 3.05. The third kappa shape index (κ3) is 2.21. The van der Waals surface area contributed by atoms with E-state index in [1.54, 1.807) is 17.4 Å². The zero-order valence-corrected chi connectivity index (χ0v) is 11.3. The van der Waals surface area contributed by atoms with Gasteiger partial charge in [-0.25, -0.2) is 9.97 Å². The molecule has 4 nitrogen and oxygen atoms in total. The fraction of sp³-hybridized carbons (Fsp3) is 0.167. The van der Waals surface area contributed by atoms with Gasteiger partial charge in [0.1, 0.15) is 5.52 Å². The molecule has 0 unspecified atom stereocenters. The topological polar surface area (TPSA) is 64.9 Å². The fourth-order valence-electron chi connectivity index (χ4n) is 1.54. The molecule has 0 saturated carbocycles. The van der Waals surface area contributed by atoms with Crippen molar-refractivity contribution in [2.45, 2.75) is 22.9 Å². The Balaban J connectivity index is 1.90. The highest BCUT2D eigenvalue weighted by molar-refractivity contribution is 8.00. The Morgan fingerprint density at radius 1 is 1.39 bits per heavy atom. The first kappa shape index (κ1) is 11.6. The minimum Gasteiger partial charge on any atom is -0.431 e. The standard InChI is InChI=1S/C12H11N3OS2/c1-2-8-6-17-12(14-8)18-11-15-9-5-7(13)3-4-10(9)16-11/h3-6H,2,13H2,1H3. The molecule has 0 spiro atoms. The van der Waals surface area contributed by atoms with E-state index in [0.717, 1.165) is 27.6 Å². The number of fused-ring (bicyclic) bond motifs is 1. The number of hydrogen-bond acceptors (Lipinski definition) is 6. The summed E-state index contributed by atoms with van der Waals surface area (Å²) in [5, 5.41) is 2.66. The summed E-state index contributed by atoms with van der Waals surface area (Å²) in [7, 11) is 0. The normalized spacial score (nSPS) is 11.2. The summed E-state index contributed by atoms with van der Waals surface area (Å²) in [4.78, 5) is 8.86. The molecule has 0 aliphatic carbocycles. The largest absolute Gasteiger partial charge is 0.431 e. The van der Waals surface area contributed by atoms with Gasteiger partial charge in [-0.1, -0.05) is 6.92 Å². The number of anilines is 1. The first-order valence-corrected chi connectivity index (χ1v) is 7.22. The first-order chi connectivity index (χ1) is 8.74. The molecule has 2 aromatic heterocycles. The van der Waals surface area contributed by atoms with E-state index in [2.05, 4.69) is 22.3 Å². The maximum absolute atomic E-state index is 5.71. The second-order valence-corrected chi connectivity index (χ2v) is 5.82. The third-order valence-electron chi connectivity index (χ3n) is 2.46. The number of oxazole rings is 1. The predicted molar refractivity (Wildman–Crippen MR) is 74.0 cm³/mol. The van der Waals surface area contributed by atoms with Gasteiger partial charge in [0.05, 0.1) is 5.69 Å². The zero-order valence-electron chi connectivity index (χ0n) is 9.71. The van der Waals surface area contributed by atoms with E-state index in [1.807, 2.05) is 12.1 Å². The summed E-state index contributed by atoms with van der Waals surface area (Å²) in [6.07, 6.45) is 0.946. The Hall–Kier alpha value is -1.53. The molecule has 18 heavy (non-hydrogen) atoms. The molecule has 92 valence electrons. The van der Waals surface area contributed by atoms with Crippen molar-refractivity contribution in [2.24, 2.45) is 0 Å². The van der Waals surface area contributed by atoms with Gasteiger partial charge in [-0.05, 0) is 24.6 Å². The molecule has 0 fully saturated rings. The van der Waals surface area contributed by atoms with Gasteiger partial charge < -0.3 is 10.2 Å². The highest BCUT2D eigenvalue weighted by Gasteiger charge is 2.10. The Kier molecular flexibility index (Phi) is 2.97. The minimum atomic E-state index is 0.604. The molecule has 0 aliphatic heterocycles. The van der Waals surface area contributed by atoms with Crippen LogP contribution in [0.25, 0.3) is 11.1 Å². The van der Waals surface area contributed by atoms with E-state index in [0.29, 0.717) is 10.9 Å². The molecule has 0 atom stereocenters. The van der Waals surface area contributed by atoms with Crippen molar-refractivity contribution < 1.29 is 4.42 Å². The number of nitrogens with two attached hydrogens (primary N) is 1. The van der Waals surface area contributed by atoms with Crippen LogP contribution < -0.4 is 5.73 Å². The summed E-state index contributed by atoms with van der Waals surface area (Å²) in [5.74, 6) is 0. The number of benzene rings is 1. The van der Waals surface area contributed by atoms with Crippen molar-refractivity contribution in [1.29, 1.82) is 0 Å². The molecule has 0 saturated heterocycles. The van der Waals surface area contributed by atoms with Gasteiger partial charge in [0.15, 0.2) is 9.92 Å². The van der Waals surface area contributed by atoms with Gasteiger partial charge >= 0.3 is 0 Å². The van der Waals surface area contributed by atoms with Gasteiger partial charge in [-0.2, -0.15) is 0 Å². The number of hydrogen-bond donors (Lipinski definition) is 1. The van der Waals surface area contributed by atoms with Crippen LogP contribution in [0.4, 0.5) is 5.69 Å². The molecule has 3 rings (SSSR count). The summed E-state index contributed by atoms with van der Waals surface area (Å²) in [6, 6.07) is 5.45.